The Balaban J connectivity index is 1.57. The molecular formula is C19H22N2O6. The van der Waals surface area contributed by atoms with E-state index in [0.29, 0.717) is 31.9 Å². The zero-order valence-electron chi connectivity index (χ0n) is 14.7. The maximum absolute atomic E-state index is 12.6. The molecule has 0 aliphatic carbocycles. The Kier molecular flexibility index (Phi) is 6.10. The van der Waals surface area contributed by atoms with Crippen molar-refractivity contribution in [3.05, 3.63) is 59.5 Å². The molecule has 3 N–H and O–H groups in total. The Morgan fingerprint density at radius 1 is 1.26 bits per heavy atom. The summed E-state index contributed by atoms with van der Waals surface area (Å²) in [5.74, 6) is -0.531. The Morgan fingerprint density at radius 2 is 2.04 bits per heavy atom. The van der Waals surface area contributed by atoms with Gasteiger partial charge < -0.3 is 29.6 Å². The fraction of sp³-hybridized carbons (Fsp3) is 0.368. The number of urea groups is 1. The molecule has 8 heteroatoms. The normalized spacial score (nSPS) is 18.1. The molecule has 144 valence electrons. The van der Waals surface area contributed by atoms with Crippen molar-refractivity contribution in [1.29, 1.82) is 0 Å². The first-order valence-electron chi connectivity index (χ1n) is 8.70. The van der Waals surface area contributed by atoms with E-state index < -0.39 is 12.1 Å². The van der Waals surface area contributed by atoms with Gasteiger partial charge in [0.15, 0.2) is 0 Å². The topological polar surface area (TPSA) is 112 Å². The van der Waals surface area contributed by atoms with Gasteiger partial charge in [-0.05, 0) is 29.8 Å². The van der Waals surface area contributed by atoms with E-state index in [1.807, 2.05) is 0 Å². The number of carbonyl (C=O) groups is 2. The van der Waals surface area contributed by atoms with E-state index in [9.17, 15) is 14.7 Å². The van der Waals surface area contributed by atoms with Gasteiger partial charge in [0.05, 0.1) is 31.1 Å². The maximum Gasteiger partial charge on any atom is 0.335 e. The summed E-state index contributed by atoms with van der Waals surface area (Å²) in [6.07, 6.45) is 0.996. The Bertz CT molecular complexity index is 759. The number of nitrogens with zero attached hydrogens (tertiary/aromatic N) is 1. The molecular weight excluding hydrogens is 352 g/mol. The summed E-state index contributed by atoms with van der Waals surface area (Å²) in [6, 6.07) is 9.21. The Labute approximate surface area is 156 Å². The van der Waals surface area contributed by atoms with Gasteiger partial charge in [-0.2, -0.15) is 0 Å². The third kappa shape index (κ3) is 4.87. The van der Waals surface area contributed by atoms with Gasteiger partial charge in [0.25, 0.3) is 0 Å². The van der Waals surface area contributed by atoms with Crippen LogP contribution in [0.5, 0.6) is 0 Å². The molecule has 3 rings (SSSR count). The molecule has 0 spiro atoms. The van der Waals surface area contributed by atoms with Gasteiger partial charge in [-0.25, -0.2) is 9.59 Å². The largest absolute Gasteiger partial charge is 0.478 e. The fourth-order valence-electron chi connectivity index (χ4n) is 3.02. The average Bonchev–Trinajstić information content (AvgIpc) is 3.22. The van der Waals surface area contributed by atoms with Crippen LogP contribution in [-0.2, 0) is 11.3 Å². The van der Waals surface area contributed by atoms with Crippen molar-refractivity contribution in [3.8, 4) is 0 Å². The second-order valence-corrected chi connectivity index (χ2v) is 6.35. The summed E-state index contributed by atoms with van der Waals surface area (Å²) in [6.45, 7) is 1.50. The second-order valence-electron chi connectivity index (χ2n) is 6.35. The molecule has 0 bridgehead atoms. The van der Waals surface area contributed by atoms with Crippen LogP contribution >= 0.6 is 0 Å². The number of aliphatic hydroxyl groups excluding tert-OH is 1. The van der Waals surface area contributed by atoms with Crippen molar-refractivity contribution < 1.29 is 29.0 Å². The van der Waals surface area contributed by atoms with Crippen molar-refractivity contribution in [3.63, 3.8) is 0 Å². The van der Waals surface area contributed by atoms with Gasteiger partial charge in [0.2, 0.25) is 0 Å². The number of morpholine rings is 1. The van der Waals surface area contributed by atoms with Crippen LogP contribution in [0.1, 0.15) is 34.2 Å². The lowest BCUT2D eigenvalue weighted by molar-refractivity contribution is -0.00974. The summed E-state index contributed by atoms with van der Waals surface area (Å²) >= 11 is 0. The predicted molar refractivity (Wildman–Crippen MR) is 95.2 cm³/mol. The number of ether oxygens (including phenoxy) is 1. The Hall–Kier alpha value is -2.84. The van der Waals surface area contributed by atoms with E-state index in [1.54, 1.807) is 29.2 Å². The van der Waals surface area contributed by atoms with E-state index in [-0.39, 0.29) is 24.2 Å². The van der Waals surface area contributed by atoms with Crippen LogP contribution in [0.4, 0.5) is 4.79 Å². The van der Waals surface area contributed by atoms with E-state index in [4.69, 9.17) is 14.3 Å². The highest BCUT2D eigenvalue weighted by Crippen LogP contribution is 2.23. The zero-order valence-corrected chi connectivity index (χ0v) is 14.7. The van der Waals surface area contributed by atoms with Gasteiger partial charge in [-0.3, -0.25) is 0 Å². The molecule has 2 atom stereocenters. The molecule has 1 aromatic carbocycles. The van der Waals surface area contributed by atoms with Crippen LogP contribution in [0.3, 0.4) is 0 Å². The van der Waals surface area contributed by atoms with Crippen LogP contribution in [0, 0.1) is 0 Å². The number of hydrogen-bond donors (Lipinski definition) is 3. The molecule has 1 saturated heterocycles. The highest BCUT2D eigenvalue weighted by molar-refractivity contribution is 5.87. The fourth-order valence-corrected chi connectivity index (χ4v) is 3.02. The van der Waals surface area contributed by atoms with Gasteiger partial charge >= 0.3 is 12.0 Å². The van der Waals surface area contributed by atoms with Crippen LogP contribution in [0.25, 0.3) is 0 Å². The molecule has 0 saturated carbocycles. The number of carboxylic acids is 1. The average molecular weight is 374 g/mol. The minimum Gasteiger partial charge on any atom is -0.478 e. The third-order valence-electron chi connectivity index (χ3n) is 4.50. The van der Waals surface area contributed by atoms with E-state index in [1.165, 1.54) is 18.4 Å². The van der Waals surface area contributed by atoms with Gasteiger partial charge in [0.1, 0.15) is 11.9 Å². The SMILES string of the molecule is O=C(O)c1ccc(CNC(=O)N2CCOCC2CC(O)c2ccco2)cc1. The molecule has 2 heterocycles. The lowest BCUT2D eigenvalue weighted by Crippen LogP contribution is -2.52. The molecule has 0 radical (unpaired) electrons. The number of benzene rings is 1. The number of carbonyl (C=O) groups excluding carboxylic acids is 1. The number of furan rings is 1. The molecule has 2 aromatic rings. The summed E-state index contributed by atoms with van der Waals surface area (Å²) in [7, 11) is 0. The summed E-state index contributed by atoms with van der Waals surface area (Å²) in [5.41, 5.74) is 0.999. The first kappa shape index (κ1) is 18.9. The predicted octanol–water partition coefficient (Wildman–Crippen LogP) is 2.01. The van der Waals surface area contributed by atoms with E-state index in [0.717, 1.165) is 5.56 Å². The molecule has 1 aromatic heterocycles. The number of amides is 2. The van der Waals surface area contributed by atoms with Crippen molar-refractivity contribution >= 4 is 12.0 Å². The minimum absolute atomic E-state index is 0.199. The van der Waals surface area contributed by atoms with Gasteiger partial charge in [-0.15, -0.1) is 0 Å². The van der Waals surface area contributed by atoms with Crippen LogP contribution < -0.4 is 5.32 Å². The van der Waals surface area contributed by atoms with Gasteiger partial charge in [0, 0.05) is 19.5 Å². The van der Waals surface area contributed by atoms with Gasteiger partial charge in [-0.1, -0.05) is 12.1 Å². The Morgan fingerprint density at radius 3 is 2.70 bits per heavy atom. The number of rotatable bonds is 6. The quantitative estimate of drug-likeness (QED) is 0.713. The highest BCUT2D eigenvalue weighted by atomic mass is 16.5. The third-order valence-corrected chi connectivity index (χ3v) is 4.50. The number of aliphatic hydroxyl groups is 1. The summed E-state index contributed by atoms with van der Waals surface area (Å²) in [5, 5.41) is 22.0. The number of aromatic carboxylic acids is 1. The van der Waals surface area contributed by atoms with Crippen molar-refractivity contribution in [2.45, 2.75) is 25.1 Å². The van der Waals surface area contributed by atoms with Crippen LogP contribution in [0.15, 0.2) is 47.1 Å². The van der Waals surface area contributed by atoms with Crippen LogP contribution in [-0.4, -0.2) is 52.9 Å². The van der Waals surface area contributed by atoms with Crippen molar-refractivity contribution in [2.75, 3.05) is 19.8 Å². The van der Waals surface area contributed by atoms with Crippen LogP contribution in [0.2, 0.25) is 0 Å². The monoisotopic (exact) mass is 374 g/mol. The zero-order chi connectivity index (χ0) is 19.2. The minimum atomic E-state index is -0.989. The molecule has 8 nitrogen and oxygen atoms in total. The summed E-state index contributed by atoms with van der Waals surface area (Å²) in [4.78, 5) is 25.1. The first-order chi connectivity index (χ1) is 13.0. The van der Waals surface area contributed by atoms with E-state index >= 15 is 0 Å². The molecule has 1 aliphatic heterocycles. The number of hydrogen-bond acceptors (Lipinski definition) is 5. The number of carboxylic acid groups (broad SMARTS) is 1. The molecule has 1 fully saturated rings. The lowest BCUT2D eigenvalue weighted by atomic mass is 10.1. The second kappa shape index (κ2) is 8.70. The smallest absolute Gasteiger partial charge is 0.335 e. The van der Waals surface area contributed by atoms with Crippen molar-refractivity contribution in [1.82, 2.24) is 10.2 Å². The summed E-state index contributed by atoms with van der Waals surface area (Å²) < 4.78 is 10.7. The highest BCUT2D eigenvalue weighted by Gasteiger charge is 2.30. The lowest BCUT2D eigenvalue weighted by Gasteiger charge is -2.36. The molecule has 27 heavy (non-hydrogen) atoms. The standard InChI is InChI=1S/C19H22N2O6/c22-16(17-2-1-8-27-17)10-15-12-26-9-7-21(15)19(25)20-11-13-3-5-14(6-4-13)18(23)24/h1-6,8,15-16,22H,7,9-12H2,(H,20,25)(H,23,24). The van der Waals surface area contributed by atoms with E-state index in [2.05, 4.69) is 5.32 Å². The molecule has 2 amide bonds. The van der Waals surface area contributed by atoms with Crippen molar-refractivity contribution in [2.24, 2.45) is 0 Å². The molecule has 2 unspecified atom stereocenters. The number of nitrogens with one attached hydrogen (secondary N) is 1. The molecule has 1 aliphatic rings. The first-order valence-corrected chi connectivity index (χ1v) is 8.70. The maximum atomic E-state index is 12.6.